The van der Waals surface area contributed by atoms with Crippen LogP contribution in [-0.4, -0.2) is 4.92 Å². The molecule has 2 aromatic rings. The molecule has 1 N–H and O–H groups in total. The molecule has 0 amide bonds. The lowest BCUT2D eigenvalue weighted by Gasteiger charge is -2.07. The van der Waals surface area contributed by atoms with Gasteiger partial charge < -0.3 is 5.11 Å². The van der Waals surface area contributed by atoms with E-state index in [1.165, 1.54) is 18.2 Å². The molecule has 0 radical (unpaired) electrons. The largest absolute Gasteiger partial charge is 0.872 e. The van der Waals surface area contributed by atoms with E-state index in [-0.39, 0.29) is 23.2 Å². The third-order valence-corrected chi connectivity index (χ3v) is 3.11. The quantitative estimate of drug-likeness (QED) is 0.517. The molecular formula is C15H15N3O3. The van der Waals surface area contributed by atoms with Crippen LogP contribution in [0.4, 0.5) is 11.4 Å². The van der Waals surface area contributed by atoms with Gasteiger partial charge in [-0.25, -0.2) is 0 Å². The van der Waals surface area contributed by atoms with Gasteiger partial charge in [-0.3, -0.25) is 10.1 Å². The van der Waals surface area contributed by atoms with Crippen LogP contribution in [-0.2, 0) is 0 Å². The fourth-order valence-corrected chi connectivity index (χ4v) is 1.96. The Kier molecular flexibility index (Phi) is 4.61. The zero-order valence-electron chi connectivity index (χ0n) is 11.5. The van der Waals surface area contributed by atoms with Crippen LogP contribution < -0.4 is 10.2 Å². The molecule has 0 heterocycles. The topological polar surface area (TPSA) is 92.5 Å². The molecule has 0 bridgehead atoms. The third-order valence-electron chi connectivity index (χ3n) is 3.11. The summed E-state index contributed by atoms with van der Waals surface area (Å²) < 4.78 is 0. The number of nitro groups is 1. The van der Waals surface area contributed by atoms with E-state index in [1.54, 1.807) is 30.3 Å². The highest BCUT2D eigenvalue weighted by Gasteiger charge is 2.17. The van der Waals surface area contributed by atoms with Gasteiger partial charge in [0.15, 0.2) is 0 Å². The second-order valence-electron chi connectivity index (χ2n) is 4.52. The number of hydrogen-bond acceptors (Lipinski definition) is 4. The van der Waals surface area contributed by atoms with E-state index in [2.05, 4.69) is 10.2 Å². The van der Waals surface area contributed by atoms with Gasteiger partial charge >= 0.3 is 5.69 Å². The Balaban J connectivity index is 2.26. The van der Waals surface area contributed by atoms with Gasteiger partial charge in [0.25, 0.3) is 0 Å². The smallest absolute Gasteiger partial charge is 0.300 e. The normalized spacial score (nSPS) is 12.4. The molecule has 0 aliphatic rings. The average molecular weight is 285 g/mol. The fourth-order valence-electron chi connectivity index (χ4n) is 1.96. The highest BCUT2D eigenvalue weighted by molar-refractivity contribution is 5.55. The minimum Gasteiger partial charge on any atom is -0.872 e. The first-order valence-corrected chi connectivity index (χ1v) is 6.58. The van der Waals surface area contributed by atoms with Gasteiger partial charge in [-0.2, -0.15) is 0 Å². The molecule has 0 aliphatic carbocycles. The number of rotatable bonds is 5. The van der Waals surface area contributed by atoms with Crippen molar-refractivity contribution in [2.45, 2.75) is 19.4 Å². The Morgan fingerprint density at radius 1 is 1.19 bits per heavy atom. The van der Waals surface area contributed by atoms with Crippen molar-refractivity contribution in [1.82, 2.24) is 0 Å². The number of para-hydroxylation sites is 2. The van der Waals surface area contributed by atoms with E-state index in [0.717, 1.165) is 12.0 Å². The Bertz CT molecular complexity index is 653. The van der Waals surface area contributed by atoms with Crippen molar-refractivity contribution in [3.05, 3.63) is 64.2 Å². The van der Waals surface area contributed by atoms with Crippen LogP contribution in [0.15, 0.2) is 53.6 Å². The summed E-state index contributed by atoms with van der Waals surface area (Å²) in [7, 11) is 0. The van der Waals surface area contributed by atoms with E-state index in [9.17, 15) is 15.2 Å². The molecule has 0 saturated carbocycles. The molecule has 1 atom stereocenters. The van der Waals surface area contributed by atoms with E-state index < -0.39 is 4.92 Å². The molecule has 21 heavy (non-hydrogen) atoms. The summed E-state index contributed by atoms with van der Waals surface area (Å²) >= 11 is 0. The summed E-state index contributed by atoms with van der Waals surface area (Å²) in [4.78, 5) is 10.5. The van der Waals surface area contributed by atoms with Crippen LogP contribution in [0.3, 0.4) is 0 Å². The van der Waals surface area contributed by atoms with Gasteiger partial charge in [0.1, 0.15) is 0 Å². The molecule has 0 fully saturated rings. The molecule has 2 rings (SSSR count). The second kappa shape index (κ2) is 6.60. The summed E-state index contributed by atoms with van der Waals surface area (Å²) in [6.07, 6.45) is 0.738. The first-order chi connectivity index (χ1) is 10.1. The predicted molar refractivity (Wildman–Crippen MR) is 75.1 cm³/mol. The van der Waals surface area contributed by atoms with Crippen LogP contribution in [0.1, 0.15) is 24.9 Å². The van der Waals surface area contributed by atoms with Crippen molar-refractivity contribution in [3.63, 3.8) is 0 Å². The lowest BCUT2D eigenvalue weighted by Crippen LogP contribution is -2.67. The molecule has 1 unspecified atom stereocenters. The van der Waals surface area contributed by atoms with Gasteiger partial charge in [-0.05, 0) is 11.2 Å². The average Bonchev–Trinajstić information content (AvgIpc) is 2.50. The molecule has 0 aliphatic heterocycles. The Morgan fingerprint density at radius 3 is 2.48 bits per heavy atom. The maximum Gasteiger partial charge on any atom is 0.300 e. The molecule has 6 heteroatoms. The monoisotopic (exact) mass is 285 g/mol. The molecule has 6 nitrogen and oxygen atoms in total. The van der Waals surface area contributed by atoms with Crippen molar-refractivity contribution in [3.8, 4) is 5.75 Å². The lowest BCUT2D eigenvalue weighted by molar-refractivity contribution is -0.576. The van der Waals surface area contributed by atoms with Crippen molar-refractivity contribution < 1.29 is 15.1 Å². The standard InChI is InChI=1S/C15H15N3O3/c1-2-13(11-7-9-12(19)10-8-11)16-17-14-5-3-4-6-15(14)18(20)21/h3-10,13,19H,2H2,1H3. The number of hydrogen-bond donors (Lipinski definition) is 1. The van der Waals surface area contributed by atoms with Gasteiger partial charge in [-0.15, -0.1) is 10.9 Å². The van der Waals surface area contributed by atoms with Crippen molar-refractivity contribution in [2.24, 2.45) is 5.11 Å². The molecule has 2 aromatic carbocycles. The zero-order chi connectivity index (χ0) is 15.2. The Labute approximate surface area is 121 Å². The Hall–Kier alpha value is -2.76. The molecule has 108 valence electrons. The molecular weight excluding hydrogens is 270 g/mol. The predicted octanol–water partition coefficient (Wildman–Crippen LogP) is 1.98. The summed E-state index contributed by atoms with van der Waals surface area (Å²) in [6, 6.07) is 12.6. The zero-order valence-corrected chi connectivity index (χ0v) is 11.5. The number of azo groups is 1. The first-order valence-electron chi connectivity index (χ1n) is 6.58. The van der Waals surface area contributed by atoms with Crippen LogP contribution in [0.2, 0.25) is 0 Å². The second-order valence-corrected chi connectivity index (χ2v) is 4.52. The summed E-state index contributed by atoms with van der Waals surface area (Å²) in [5, 5.41) is 29.1. The molecule has 0 saturated heterocycles. The van der Waals surface area contributed by atoms with Gasteiger partial charge in [-0.1, -0.05) is 43.3 Å². The Morgan fingerprint density at radius 2 is 1.86 bits per heavy atom. The van der Waals surface area contributed by atoms with Crippen LogP contribution in [0.5, 0.6) is 5.75 Å². The van der Waals surface area contributed by atoms with Crippen LogP contribution in [0, 0.1) is 10.1 Å². The minimum absolute atomic E-state index is 0.0465. The van der Waals surface area contributed by atoms with Crippen LogP contribution >= 0.6 is 0 Å². The fraction of sp³-hybridized carbons (Fsp3) is 0.200. The van der Waals surface area contributed by atoms with Crippen LogP contribution in [0.25, 0.3) is 0 Å². The summed E-state index contributed by atoms with van der Waals surface area (Å²) in [5.74, 6) is -0.0516. The molecule has 0 aromatic heterocycles. The maximum atomic E-state index is 11.1. The molecule has 0 spiro atoms. The maximum absolute atomic E-state index is 11.1. The van der Waals surface area contributed by atoms with E-state index in [0.29, 0.717) is 0 Å². The van der Waals surface area contributed by atoms with Crippen molar-refractivity contribution >= 4 is 11.4 Å². The van der Waals surface area contributed by atoms with Gasteiger partial charge in [0.2, 0.25) is 11.7 Å². The minimum atomic E-state index is -0.465. The summed E-state index contributed by atoms with van der Waals surface area (Å²) in [6.45, 7) is 1.97. The van der Waals surface area contributed by atoms with Crippen molar-refractivity contribution in [1.29, 1.82) is 0 Å². The van der Waals surface area contributed by atoms with Gasteiger partial charge in [0, 0.05) is 18.1 Å². The van der Waals surface area contributed by atoms with E-state index in [1.807, 2.05) is 6.92 Å². The number of nitro benzene ring substituents is 1. The summed E-state index contributed by atoms with van der Waals surface area (Å²) in [5.41, 5.74) is 1.15. The third kappa shape index (κ3) is 3.62. The highest BCUT2D eigenvalue weighted by Crippen LogP contribution is 2.25. The first kappa shape index (κ1) is 14.6. The highest BCUT2D eigenvalue weighted by atomic mass is 16.6. The lowest BCUT2D eigenvalue weighted by atomic mass is 10.1. The van der Waals surface area contributed by atoms with Gasteiger partial charge in [0.05, 0.1) is 4.92 Å². The van der Waals surface area contributed by atoms with E-state index >= 15 is 0 Å². The van der Waals surface area contributed by atoms with E-state index in [4.69, 9.17) is 0 Å². The number of benzene rings is 2. The SMILES string of the molecule is CCC([NH+]=Nc1ccccc1[N+](=O)[O-])c1ccc([O-])cc1. The number of nitrogens with zero attached hydrogens (tertiary/aromatic N) is 2. The van der Waals surface area contributed by atoms with Crippen molar-refractivity contribution in [2.75, 3.05) is 0 Å². The number of nitrogens with one attached hydrogen (secondary N) is 1.